The Morgan fingerprint density at radius 1 is 1.26 bits per heavy atom. The molecule has 0 atom stereocenters. The van der Waals surface area contributed by atoms with Crippen LogP contribution in [0.3, 0.4) is 0 Å². The number of halogens is 1. The minimum absolute atomic E-state index is 0.381. The number of hydrogen-bond donors (Lipinski definition) is 1. The van der Waals surface area contributed by atoms with E-state index >= 15 is 0 Å². The molecule has 1 heterocycles. The van der Waals surface area contributed by atoms with Gasteiger partial charge in [-0.15, -0.1) is 0 Å². The Bertz CT molecular complexity index is 522. The van der Waals surface area contributed by atoms with E-state index in [0.717, 1.165) is 17.9 Å². The number of ether oxygens (including phenoxy) is 1. The Balaban J connectivity index is 1.96. The van der Waals surface area contributed by atoms with Gasteiger partial charge >= 0.3 is 0 Å². The molecule has 4 heteroatoms. The third-order valence-electron chi connectivity index (χ3n) is 2.73. The lowest BCUT2D eigenvalue weighted by Gasteiger charge is -2.09. The van der Waals surface area contributed by atoms with Crippen LogP contribution in [0.1, 0.15) is 25.2 Å². The molecule has 0 bridgehead atoms. The second-order valence-corrected chi connectivity index (χ2v) is 5.03. The van der Waals surface area contributed by atoms with Gasteiger partial charge in [-0.2, -0.15) is 0 Å². The number of furan rings is 1. The Hall–Kier alpha value is -1.45. The monoisotopic (exact) mass is 279 g/mol. The lowest BCUT2D eigenvalue weighted by atomic mass is 10.2. The van der Waals surface area contributed by atoms with Gasteiger partial charge in [0, 0.05) is 18.2 Å². The van der Waals surface area contributed by atoms with Crippen molar-refractivity contribution in [3.05, 3.63) is 52.9 Å². The maximum Gasteiger partial charge on any atom is 0.146 e. The van der Waals surface area contributed by atoms with Crippen LogP contribution in [-0.4, -0.2) is 6.04 Å². The van der Waals surface area contributed by atoms with E-state index < -0.39 is 0 Å². The summed E-state index contributed by atoms with van der Waals surface area (Å²) in [6.45, 7) is 5.38. The summed E-state index contributed by atoms with van der Waals surface area (Å²) in [7, 11) is 0. The molecule has 1 aromatic heterocycles. The zero-order valence-electron chi connectivity index (χ0n) is 11.2. The van der Waals surface area contributed by atoms with Gasteiger partial charge in [-0.05, 0) is 18.2 Å². The van der Waals surface area contributed by atoms with E-state index in [-0.39, 0.29) is 0 Å². The molecule has 0 fully saturated rings. The van der Waals surface area contributed by atoms with E-state index in [4.69, 9.17) is 20.8 Å². The van der Waals surface area contributed by atoms with Crippen LogP contribution in [0.25, 0.3) is 0 Å². The average Bonchev–Trinajstić information content (AvgIpc) is 2.83. The van der Waals surface area contributed by atoms with Crippen molar-refractivity contribution in [3.8, 4) is 5.75 Å². The molecular formula is C15H18ClNO2. The van der Waals surface area contributed by atoms with Crippen molar-refractivity contribution in [3.63, 3.8) is 0 Å². The summed E-state index contributed by atoms with van der Waals surface area (Å²) >= 11 is 6.04. The molecule has 19 heavy (non-hydrogen) atoms. The molecule has 2 rings (SSSR count). The second-order valence-electron chi connectivity index (χ2n) is 4.62. The smallest absolute Gasteiger partial charge is 0.146 e. The highest BCUT2D eigenvalue weighted by atomic mass is 35.5. The molecular weight excluding hydrogens is 262 g/mol. The fourth-order valence-corrected chi connectivity index (χ4v) is 1.86. The van der Waals surface area contributed by atoms with E-state index in [1.807, 2.05) is 24.3 Å². The summed E-state index contributed by atoms with van der Waals surface area (Å²) in [5.74, 6) is 1.50. The topological polar surface area (TPSA) is 34.4 Å². The van der Waals surface area contributed by atoms with Crippen molar-refractivity contribution in [2.75, 3.05) is 0 Å². The molecule has 0 saturated heterocycles. The van der Waals surface area contributed by atoms with Crippen molar-refractivity contribution in [2.24, 2.45) is 0 Å². The third kappa shape index (κ3) is 4.01. The van der Waals surface area contributed by atoms with Gasteiger partial charge in [0.2, 0.25) is 0 Å². The largest absolute Gasteiger partial charge is 0.484 e. The number of para-hydroxylation sites is 1. The molecule has 0 spiro atoms. The van der Waals surface area contributed by atoms with Gasteiger partial charge in [-0.25, -0.2) is 0 Å². The Labute approximate surface area is 118 Å². The lowest BCUT2D eigenvalue weighted by molar-refractivity contribution is 0.268. The van der Waals surface area contributed by atoms with Gasteiger partial charge in [0.05, 0.1) is 11.3 Å². The summed E-state index contributed by atoms with van der Waals surface area (Å²) in [5, 5.41) is 3.96. The van der Waals surface area contributed by atoms with Gasteiger partial charge in [0.15, 0.2) is 0 Å². The van der Waals surface area contributed by atoms with E-state index in [9.17, 15) is 0 Å². The first kappa shape index (κ1) is 14.0. The Morgan fingerprint density at radius 2 is 2.05 bits per heavy atom. The third-order valence-corrected chi connectivity index (χ3v) is 3.05. The van der Waals surface area contributed by atoms with Crippen molar-refractivity contribution in [1.29, 1.82) is 0 Å². The number of nitrogens with one attached hydrogen (secondary N) is 1. The highest BCUT2D eigenvalue weighted by Crippen LogP contribution is 2.24. The molecule has 0 amide bonds. The summed E-state index contributed by atoms with van der Waals surface area (Å²) in [6, 6.07) is 9.82. The normalized spacial score (nSPS) is 10.9. The van der Waals surface area contributed by atoms with Crippen LogP contribution in [0.5, 0.6) is 5.75 Å². The SMILES string of the molecule is CC(C)NCc1ccoc1COc1ccccc1Cl. The summed E-state index contributed by atoms with van der Waals surface area (Å²) in [6.07, 6.45) is 1.68. The predicted molar refractivity (Wildman–Crippen MR) is 76.5 cm³/mol. The van der Waals surface area contributed by atoms with E-state index in [1.54, 1.807) is 12.3 Å². The molecule has 0 aliphatic rings. The number of benzene rings is 1. The predicted octanol–water partition coefficient (Wildman–Crippen LogP) is 4.01. The Morgan fingerprint density at radius 3 is 2.79 bits per heavy atom. The minimum atomic E-state index is 0.381. The van der Waals surface area contributed by atoms with Crippen LogP contribution in [0.2, 0.25) is 5.02 Å². The summed E-state index contributed by atoms with van der Waals surface area (Å²) < 4.78 is 11.1. The first-order valence-electron chi connectivity index (χ1n) is 6.33. The van der Waals surface area contributed by atoms with Crippen LogP contribution >= 0.6 is 11.6 Å². The molecule has 0 radical (unpaired) electrons. The van der Waals surface area contributed by atoms with Crippen molar-refractivity contribution in [1.82, 2.24) is 5.32 Å². The molecule has 0 aliphatic heterocycles. The molecule has 0 aliphatic carbocycles. The number of hydrogen-bond acceptors (Lipinski definition) is 3. The van der Waals surface area contributed by atoms with Crippen molar-refractivity contribution in [2.45, 2.75) is 33.0 Å². The van der Waals surface area contributed by atoms with E-state index in [2.05, 4.69) is 19.2 Å². The first-order valence-corrected chi connectivity index (χ1v) is 6.70. The van der Waals surface area contributed by atoms with Crippen LogP contribution in [0, 0.1) is 0 Å². The van der Waals surface area contributed by atoms with Gasteiger partial charge in [-0.1, -0.05) is 37.6 Å². The van der Waals surface area contributed by atoms with Crippen molar-refractivity contribution < 1.29 is 9.15 Å². The van der Waals surface area contributed by atoms with E-state index in [1.165, 1.54) is 0 Å². The molecule has 1 N–H and O–H groups in total. The maximum absolute atomic E-state index is 6.04. The summed E-state index contributed by atoms with van der Waals surface area (Å²) in [5.41, 5.74) is 1.11. The molecule has 3 nitrogen and oxygen atoms in total. The zero-order chi connectivity index (χ0) is 13.7. The second kappa shape index (κ2) is 6.64. The lowest BCUT2D eigenvalue weighted by Crippen LogP contribution is -2.22. The fourth-order valence-electron chi connectivity index (χ4n) is 1.67. The average molecular weight is 280 g/mol. The molecule has 102 valence electrons. The highest BCUT2D eigenvalue weighted by Gasteiger charge is 2.08. The molecule has 0 saturated carbocycles. The fraction of sp³-hybridized carbons (Fsp3) is 0.333. The van der Waals surface area contributed by atoms with Gasteiger partial charge in [0.1, 0.15) is 18.1 Å². The van der Waals surface area contributed by atoms with Crippen LogP contribution in [-0.2, 0) is 13.2 Å². The van der Waals surface area contributed by atoms with Gasteiger partial charge in [0.25, 0.3) is 0 Å². The summed E-state index contributed by atoms with van der Waals surface area (Å²) in [4.78, 5) is 0. The maximum atomic E-state index is 6.04. The van der Waals surface area contributed by atoms with Gasteiger partial charge < -0.3 is 14.5 Å². The molecule has 2 aromatic rings. The van der Waals surface area contributed by atoms with Crippen molar-refractivity contribution >= 4 is 11.6 Å². The van der Waals surface area contributed by atoms with Crippen LogP contribution < -0.4 is 10.1 Å². The Kier molecular flexibility index (Phi) is 4.88. The number of rotatable bonds is 6. The zero-order valence-corrected chi connectivity index (χ0v) is 11.9. The highest BCUT2D eigenvalue weighted by molar-refractivity contribution is 6.32. The van der Waals surface area contributed by atoms with Crippen LogP contribution in [0.4, 0.5) is 0 Å². The first-order chi connectivity index (χ1) is 9.16. The van der Waals surface area contributed by atoms with E-state index in [0.29, 0.717) is 23.4 Å². The quantitative estimate of drug-likeness (QED) is 0.867. The minimum Gasteiger partial charge on any atom is -0.484 e. The molecule has 1 aromatic carbocycles. The van der Waals surface area contributed by atoms with Crippen LogP contribution in [0.15, 0.2) is 41.0 Å². The van der Waals surface area contributed by atoms with Gasteiger partial charge in [-0.3, -0.25) is 0 Å². The standard InChI is InChI=1S/C15H18ClNO2/c1-11(2)17-9-12-7-8-18-15(12)10-19-14-6-4-3-5-13(14)16/h3-8,11,17H,9-10H2,1-2H3. The molecule has 0 unspecified atom stereocenters.